The summed E-state index contributed by atoms with van der Waals surface area (Å²) in [6, 6.07) is 0. The Hall–Kier alpha value is -1.07. The van der Waals surface area contributed by atoms with E-state index < -0.39 is 11.8 Å². The number of ether oxygens (including phenoxy) is 2. The van der Waals surface area contributed by atoms with Gasteiger partial charge in [0.05, 0.1) is 19.5 Å². The Labute approximate surface area is 95.7 Å². The van der Waals surface area contributed by atoms with E-state index in [0.717, 1.165) is 31.6 Å². The van der Waals surface area contributed by atoms with Gasteiger partial charge in [-0.25, -0.2) is 0 Å². The lowest BCUT2D eigenvalue weighted by atomic mass is 10.1. The number of hydrogen-bond acceptors (Lipinski definition) is 4. The zero-order chi connectivity index (χ0) is 12.6. The molecule has 1 aliphatic rings. The van der Waals surface area contributed by atoms with Crippen LogP contribution in [0.25, 0.3) is 0 Å². The molecule has 0 radical (unpaired) electrons. The summed E-state index contributed by atoms with van der Waals surface area (Å²) in [5, 5.41) is 16.1. The minimum Gasteiger partial charge on any atom is -0.516 e. The van der Waals surface area contributed by atoms with Crippen LogP contribution in [0, 0.1) is 0 Å². The molecule has 1 rings (SSSR count). The first kappa shape index (κ1) is 14.9. The Bertz CT molecular complexity index is 237. The molecule has 0 aromatic rings. The Balaban J connectivity index is 0.000000487. The number of aliphatic hydroxyl groups excluding tert-OH is 1. The van der Waals surface area contributed by atoms with Crippen LogP contribution in [-0.4, -0.2) is 35.2 Å². The Morgan fingerprint density at radius 3 is 2.19 bits per heavy atom. The molecule has 1 saturated heterocycles. The Morgan fingerprint density at radius 1 is 1.38 bits per heavy atom. The second-order valence-electron chi connectivity index (χ2n) is 3.83. The highest BCUT2D eigenvalue weighted by atomic mass is 16.7. The summed E-state index contributed by atoms with van der Waals surface area (Å²) in [5.74, 6) is -1.26. The van der Waals surface area contributed by atoms with Crippen LogP contribution in [0.3, 0.4) is 0 Å². The lowest BCUT2D eigenvalue weighted by Crippen LogP contribution is -2.25. The monoisotopic (exact) mass is 232 g/mol. The fraction of sp³-hybridized carbons (Fsp3) is 0.727. The standard InChI is InChI=1S/C9H16O3.C2H4O2/c1-8(7-10)3-4-9(2)11-5-6-12-9;1-2(3)4/h7,10H,3-6H2,1-2H3;1H3,(H,3,4). The minimum atomic E-state index is -0.833. The Morgan fingerprint density at radius 2 is 1.81 bits per heavy atom. The van der Waals surface area contributed by atoms with Gasteiger partial charge in [0.2, 0.25) is 0 Å². The smallest absolute Gasteiger partial charge is 0.300 e. The van der Waals surface area contributed by atoms with Gasteiger partial charge in [-0.05, 0) is 25.8 Å². The minimum absolute atomic E-state index is 0.426. The number of carbonyl (C=O) groups is 1. The molecule has 1 aliphatic heterocycles. The normalized spacial score (nSPS) is 18.8. The largest absolute Gasteiger partial charge is 0.516 e. The molecule has 1 fully saturated rings. The van der Waals surface area contributed by atoms with Gasteiger partial charge in [-0.15, -0.1) is 0 Å². The molecule has 0 spiro atoms. The molecule has 16 heavy (non-hydrogen) atoms. The van der Waals surface area contributed by atoms with Gasteiger partial charge in [-0.2, -0.15) is 0 Å². The van der Waals surface area contributed by atoms with Crippen LogP contribution < -0.4 is 0 Å². The predicted molar refractivity (Wildman–Crippen MR) is 59.2 cm³/mol. The van der Waals surface area contributed by atoms with Gasteiger partial charge < -0.3 is 19.7 Å². The average molecular weight is 232 g/mol. The second-order valence-corrected chi connectivity index (χ2v) is 3.83. The zero-order valence-corrected chi connectivity index (χ0v) is 10.0. The molecule has 0 atom stereocenters. The van der Waals surface area contributed by atoms with Crippen LogP contribution >= 0.6 is 0 Å². The lowest BCUT2D eigenvalue weighted by molar-refractivity contribution is -0.146. The molecule has 0 bridgehead atoms. The molecule has 0 aliphatic carbocycles. The molecule has 0 amide bonds. The number of carboxylic acids is 1. The number of rotatable bonds is 3. The summed E-state index contributed by atoms with van der Waals surface area (Å²) in [6.07, 6.45) is 2.75. The molecule has 5 heteroatoms. The van der Waals surface area contributed by atoms with Crippen molar-refractivity contribution in [2.45, 2.75) is 39.4 Å². The summed E-state index contributed by atoms with van der Waals surface area (Å²) in [6.45, 7) is 6.26. The van der Waals surface area contributed by atoms with Gasteiger partial charge in [0, 0.05) is 13.3 Å². The summed E-state index contributed by atoms with van der Waals surface area (Å²) < 4.78 is 10.8. The third kappa shape index (κ3) is 7.25. The molecular formula is C11H20O5. The molecule has 1 heterocycles. The lowest BCUT2D eigenvalue weighted by Gasteiger charge is -2.21. The SMILES string of the molecule is CC(=CO)CCC1(C)OCCO1.CC(=O)O. The summed E-state index contributed by atoms with van der Waals surface area (Å²) >= 11 is 0. The molecule has 0 aromatic heterocycles. The molecule has 0 saturated carbocycles. The van der Waals surface area contributed by atoms with Crippen molar-refractivity contribution in [3.8, 4) is 0 Å². The maximum Gasteiger partial charge on any atom is 0.300 e. The van der Waals surface area contributed by atoms with Crippen LogP contribution in [0.4, 0.5) is 0 Å². The van der Waals surface area contributed by atoms with Crippen molar-refractivity contribution in [1.29, 1.82) is 0 Å². The van der Waals surface area contributed by atoms with Crippen molar-refractivity contribution >= 4 is 5.97 Å². The van der Waals surface area contributed by atoms with Crippen LogP contribution in [-0.2, 0) is 14.3 Å². The van der Waals surface area contributed by atoms with E-state index in [0.29, 0.717) is 13.2 Å². The van der Waals surface area contributed by atoms with Gasteiger partial charge >= 0.3 is 0 Å². The highest BCUT2D eigenvalue weighted by Gasteiger charge is 2.30. The number of hydrogen-bond donors (Lipinski definition) is 2. The molecule has 0 aromatic carbocycles. The third-order valence-corrected chi connectivity index (χ3v) is 2.09. The molecule has 5 nitrogen and oxygen atoms in total. The number of aliphatic carboxylic acids is 1. The summed E-state index contributed by atoms with van der Waals surface area (Å²) in [4.78, 5) is 9.00. The average Bonchev–Trinajstić information content (AvgIpc) is 2.61. The second kappa shape index (κ2) is 7.24. The van der Waals surface area contributed by atoms with Crippen LogP contribution in [0.1, 0.15) is 33.6 Å². The third-order valence-electron chi connectivity index (χ3n) is 2.09. The first-order valence-electron chi connectivity index (χ1n) is 5.17. The molecule has 94 valence electrons. The van der Waals surface area contributed by atoms with Crippen LogP contribution in [0.2, 0.25) is 0 Å². The van der Waals surface area contributed by atoms with E-state index >= 15 is 0 Å². The van der Waals surface area contributed by atoms with Crippen molar-refractivity contribution in [2.24, 2.45) is 0 Å². The maximum atomic E-state index is 9.00. The van der Waals surface area contributed by atoms with E-state index in [1.54, 1.807) is 0 Å². The van der Waals surface area contributed by atoms with E-state index in [4.69, 9.17) is 24.5 Å². The Kier molecular flexibility index (Phi) is 6.76. The predicted octanol–water partition coefficient (Wildman–Crippen LogP) is 2.08. The van der Waals surface area contributed by atoms with Gasteiger partial charge in [-0.1, -0.05) is 0 Å². The highest BCUT2D eigenvalue weighted by Crippen LogP contribution is 2.25. The van der Waals surface area contributed by atoms with Gasteiger partial charge in [-0.3, -0.25) is 4.79 Å². The van der Waals surface area contributed by atoms with Crippen molar-refractivity contribution < 1.29 is 24.5 Å². The van der Waals surface area contributed by atoms with Gasteiger partial charge in [0.25, 0.3) is 5.97 Å². The van der Waals surface area contributed by atoms with E-state index in [1.165, 1.54) is 0 Å². The number of aliphatic hydroxyl groups is 1. The van der Waals surface area contributed by atoms with E-state index in [-0.39, 0.29) is 0 Å². The van der Waals surface area contributed by atoms with Crippen molar-refractivity contribution in [2.75, 3.05) is 13.2 Å². The maximum absolute atomic E-state index is 9.00. The fourth-order valence-electron chi connectivity index (χ4n) is 1.19. The zero-order valence-electron chi connectivity index (χ0n) is 10.0. The molecular weight excluding hydrogens is 212 g/mol. The van der Waals surface area contributed by atoms with E-state index in [2.05, 4.69) is 0 Å². The number of carboxylic acid groups (broad SMARTS) is 1. The fourth-order valence-corrected chi connectivity index (χ4v) is 1.19. The summed E-state index contributed by atoms with van der Waals surface area (Å²) in [7, 11) is 0. The van der Waals surface area contributed by atoms with E-state index in [9.17, 15) is 0 Å². The topological polar surface area (TPSA) is 76.0 Å². The van der Waals surface area contributed by atoms with Gasteiger partial charge in [0.1, 0.15) is 0 Å². The first-order chi connectivity index (χ1) is 7.39. The highest BCUT2D eigenvalue weighted by molar-refractivity contribution is 5.62. The van der Waals surface area contributed by atoms with Crippen LogP contribution in [0.15, 0.2) is 11.8 Å². The first-order valence-corrected chi connectivity index (χ1v) is 5.17. The quantitative estimate of drug-likeness (QED) is 0.728. The van der Waals surface area contributed by atoms with Crippen molar-refractivity contribution in [1.82, 2.24) is 0 Å². The summed E-state index contributed by atoms with van der Waals surface area (Å²) in [5.41, 5.74) is 0.954. The van der Waals surface area contributed by atoms with Crippen molar-refractivity contribution in [3.63, 3.8) is 0 Å². The van der Waals surface area contributed by atoms with Crippen molar-refractivity contribution in [3.05, 3.63) is 11.8 Å². The molecule has 2 N–H and O–H groups in total. The van der Waals surface area contributed by atoms with E-state index in [1.807, 2.05) is 13.8 Å². The number of allylic oxidation sites excluding steroid dienone is 1. The molecule has 0 unspecified atom stereocenters. The van der Waals surface area contributed by atoms with Crippen LogP contribution in [0.5, 0.6) is 0 Å². The van der Waals surface area contributed by atoms with Gasteiger partial charge in [0.15, 0.2) is 5.79 Å².